The lowest BCUT2D eigenvalue weighted by Gasteiger charge is -2.21. The summed E-state index contributed by atoms with van der Waals surface area (Å²) >= 11 is 3.73. The molecule has 0 aromatic heterocycles. The van der Waals surface area contributed by atoms with Gasteiger partial charge in [0.25, 0.3) is 0 Å². The Morgan fingerprint density at radius 2 is 2.05 bits per heavy atom. The van der Waals surface area contributed by atoms with Gasteiger partial charge in [-0.15, -0.1) is 0 Å². The third-order valence-corrected chi connectivity index (χ3v) is 4.64. The molecule has 112 valence electrons. The summed E-state index contributed by atoms with van der Waals surface area (Å²) in [6, 6.07) is 6.76. The predicted molar refractivity (Wildman–Crippen MR) is 88.9 cm³/mol. The van der Waals surface area contributed by atoms with E-state index in [1.807, 2.05) is 0 Å². The minimum absolute atomic E-state index is 0.948. The Kier molecular flexibility index (Phi) is 6.49. The molecule has 2 rings (SSSR count). The van der Waals surface area contributed by atoms with E-state index in [0.717, 1.165) is 19.6 Å². The smallest absolute Gasteiger partial charge is 0.0245 e. The van der Waals surface area contributed by atoms with Gasteiger partial charge in [0.2, 0.25) is 0 Å². The summed E-state index contributed by atoms with van der Waals surface area (Å²) < 4.78 is 1.24. The van der Waals surface area contributed by atoms with E-state index in [1.54, 1.807) is 0 Å². The highest BCUT2D eigenvalue weighted by Gasteiger charge is 2.13. The van der Waals surface area contributed by atoms with Crippen LogP contribution in [0.2, 0.25) is 0 Å². The summed E-state index contributed by atoms with van der Waals surface area (Å²) in [5.74, 6) is 0. The van der Waals surface area contributed by atoms with E-state index in [0.29, 0.717) is 0 Å². The molecule has 0 bridgehead atoms. The first-order valence-electron chi connectivity index (χ1n) is 7.58. The van der Waals surface area contributed by atoms with Crippen molar-refractivity contribution >= 4 is 15.9 Å². The van der Waals surface area contributed by atoms with Crippen molar-refractivity contribution in [2.75, 3.05) is 39.8 Å². The van der Waals surface area contributed by atoms with Crippen LogP contribution in [0.4, 0.5) is 0 Å². The number of rotatable bonds is 5. The molecule has 1 aliphatic rings. The van der Waals surface area contributed by atoms with Crippen LogP contribution in [0.5, 0.6) is 0 Å². The predicted octanol–water partition coefficient (Wildman–Crippen LogP) is 2.70. The monoisotopic (exact) mass is 339 g/mol. The summed E-state index contributed by atoms with van der Waals surface area (Å²) in [6.45, 7) is 9.92. The zero-order chi connectivity index (χ0) is 14.4. The average molecular weight is 340 g/mol. The van der Waals surface area contributed by atoms with E-state index in [4.69, 9.17) is 0 Å². The van der Waals surface area contributed by atoms with Gasteiger partial charge in [-0.1, -0.05) is 35.0 Å². The van der Waals surface area contributed by atoms with Gasteiger partial charge in [-0.2, -0.15) is 0 Å². The minimum Gasteiger partial charge on any atom is -0.313 e. The van der Waals surface area contributed by atoms with E-state index in [-0.39, 0.29) is 0 Å². The fourth-order valence-corrected chi connectivity index (χ4v) is 3.15. The molecule has 1 aromatic rings. The lowest BCUT2D eigenvalue weighted by atomic mass is 10.1. The van der Waals surface area contributed by atoms with Crippen molar-refractivity contribution < 1.29 is 0 Å². The maximum absolute atomic E-state index is 3.73. The van der Waals surface area contributed by atoms with E-state index < -0.39 is 0 Å². The molecule has 1 saturated heterocycles. The third kappa shape index (κ3) is 4.85. The molecule has 1 heterocycles. The first-order valence-corrected chi connectivity index (χ1v) is 8.37. The number of likely N-dealkylation sites (N-methyl/N-ethyl adjacent to an activating group) is 1. The number of nitrogens with one attached hydrogen (secondary N) is 1. The molecule has 20 heavy (non-hydrogen) atoms. The normalized spacial score (nSPS) is 18.1. The molecule has 0 aliphatic carbocycles. The van der Waals surface area contributed by atoms with Crippen molar-refractivity contribution in [3.05, 3.63) is 33.8 Å². The summed E-state index contributed by atoms with van der Waals surface area (Å²) in [4.78, 5) is 4.99. The van der Waals surface area contributed by atoms with Crippen molar-refractivity contribution in [3.8, 4) is 0 Å². The van der Waals surface area contributed by atoms with Crippen LogP contribution < -0.4 is 5.32 Å². The van der Waals surface area contributed by atoms with Crippen LogP contribution in [0.3, 0.4) is 0 Å². The van der Waals surface area contributed by atoms with E-state index in [9.17, 15) is 0 Å². The SMILES string of the molecule is CCNCc1ccc(CN2CCCN(C)CC2)c(Br)c1. The molecular formula is C16H26BrN3. The molecule has 4 heteroatoms. The highest BCUT2D eigenvalue weighted by atomic mass is 79.9. The Morgan fingerprint density at radius 1 is 1.20 bits per heavy atom. The third-order valence-electron chi connectivity index (χ3n) is 3.90. The van der Waals surface area contributed by atoms with E-state index in [1.165, 1.54) is 48.2 Å². The van der Waals surface area contributed by atoms with Gasteiger partial charge >= 0.3 is 0 Å². The summed E-state index contributed by atoms with van der Waals surface area (Å²) in [5, 5.41) is 3.37. The second-order valence-corrected chi connectivity index (χ2v) is 6.49. The molecule has 1 N–H and O–H groups in total. The van der Waals surface area contributed by atoms with Crippen LogP contribution in [0.15, 0.2) is 22.7 Å². The van der Waals surface area contributed by atoms with Crippen LogP contribution in [0.25, 0.3) is 0 Å². The van der Waals surface area contributed by atoms with Crippen molar-refractivity contribution in [2.24, 2.45) is 0 Å². The molecule has 3 nitrogen and oxygen atoms in total. The topological polar surface area (TPSA) is 18.5 Å². The van der Waals surface area contributed by atoms with Crippen molar-refractivity contribution in [1.29, 1.82) is 0 Å². The number of halogens is 1. The highest BCUT2D eigenvalue weighted by Crippen LogP contribution is 2.21. The quantitative estimate of drug-likeness (QED) is 0.889. The fourth-order valence-electron chi connectivity index (χ4n) is 2.60. The van der Waals surface area contributed by atoms with Crippen LogP contribution in [-0.4, -0.2) is 49.6 Å². The summed E-state index contributed by atoms with van der Waals surface area (Å²) in [7, 11) is 2.22. The van der Waals surface area contributed by atoms with E-state index in [2.05, 4.69) is 63.2 Å². The molecule has 0 unspecified atom stereocenters. The van der Waals surface area contributed by atoms with Gasteiger partial charge in [-0.05, 0) is 50.3 Å². The Hall–Kier alpha value is -0.420. The highest BCUT2D eigenvalue weighted by molar-refractivity contribution is 9.10. The number of benzene rings is 1. The molecule has 0 atom stereocenters. The zero-order valence-electron chi connectivity index (χ0n) is 12.7. The van der Waals surface area contributed by atoms with Crippen molar-refractivity contribution in [1.82, 2.24) is 15.1 Å². The Bertz CT molecular complexity index is 422. The standard InChI is InChI=1S/C16H26BrN3/c1-3-18-12-14-5-6-15(16(17)11-14)13-20-8-4-7-19(2)9-10-20/h5-6,11,18H,3-4,7-10,12-13H2,1-2H3. The number of hydrogen-bond donors (Lipinski definition) is 1. The Labute approximate surface area is 131 Å². The zero-order valence-corrected chi connectivity index (χ0v) is 14.2. The number of hydrogen-bond acceptors (Lipinski definition) is 3. The van der Waals surface area contributed by atoms with E-state index >= 15 is 0 Å². The van der Waals surface area contributed by atoms with Crippen LogP contribution >= 0.6 is 15.9 Å². The van der Waals surface area contributed by atoms with Crippen molar-refractivity contribution in [2.45, 2.75) is 26.4 Å². The average Bonchev–Trinajstić information content (AvgIpc) is 2.64. The van der Waals surface area contributed by atoms with Gasteiger partial charge in [0.05, 0.1) is 0 Å². The van der Waals surface area contributed by atoms with Gasteiger partial charge in [0.15, 0.2) is 0 Å². The molecule has 0 radical (unpaired) electrons. The first kappa shape index (κ1) is 16.0. The van der Waals surface area contributed by atoms with Gasteiger partial charge in [-0.25, -0.2) is 0 Å². The maximum Gasteiger partial charge on any atom is 0.0245 e. The van der Waals surface area contributed by atoms with Crippen LogP contribution in [-0.2, 0) is 13.1 Å². The minimum atomic E-state index is 0.948. The van der Waals surface area contributed by atoms with Crippen LogP contribution in [0.1, 0.15) is 24.5 Å². The van der Waals surface area contributed by atoms with Gasteiger partial charge in [0, 0.05) is 30.7 Å². The first-order chi connectivity index (χ1) is 9.69. The molecule has 0 spiro atoms. The molecule has 1 fully saturated rings. The maximum atomic E-state index is 3.73. The second-order valence-electron chi connectivity index (χ2n) is 5.64. The fraction of sp³-hybridized carbons (Fsp3) is 0.625. The molecule has 0 amide bonds. The van der Waals surface area contributed by atoms with Gasteiger partial charge in [-0.3, -0.25) is 4.90 Å². The molecule has 0 saturated carbocycles. The molecule has 1 aliphatic heterocycles. The number of nitrogens with zero attached hydrogens (tertiary/aromatic N) is 2. The lowest BCUT2D eigenvalue weighted by molar-refractivity contribution is 0.269. The second kappa shape index (κ2) is 8.13. The molecule has 1 aromatic carbocycles. The Balaban J connectivity index is 1.95. The van der Waals surface area contributed by atoms with Crippen molar-refractivity contribution in [3.63, 3.8) is 0 Å². The van der Waals surface area contributed by atoms with Gasteiger partial charge in [0.1, 0.15) is 0 Å². The Morgan fingerprint density at radius 3 is 2.80 bits per heavy atom. The molecular weight excluding hydrogens is 314 g/mol. The largest absolute Gasteiger partial charge is 0.313 e. The van der Waals surface area contributed by atoms with Crippen LogP contribution in [0, 0.1) is 0 Å². The van der Waals surface area contributed by atoms with Gasteiger partial charge < -0.3 is 10.2 Å². The summed E-state index contributed by atoms with van der Waals surface area (Å²) in [5.41, 5.74) is 2.74. The summed E-state index contributed by atoms with van der Waals surface area (Å²) in [6.07, 6.45) is 1.27. The lowest BCUT2D eigenvalue weighted by Crippen LogP contribution is -2.28.